The Balaban J connectivity index is 1.68. The predicted octanol–water partition coefficient (Wildman–Crippen LogP) is 4.98. The molecule has 6 heteroatoms. The Kier molecular flexibility index (Phi) is 4.98. The number of rotatable bonds is 2. The van der Waals surface area contributed by atoms with Gasteiger partial charge in [-0.1, -0.05) is 52.0 Å². The monoisotopic (exact) mass is 439 g/mol. The predicted molar refractivity (Wildman–Crippen MR) is 112 cm³/mol. The Hall–Kier alpha value is -2.23. The highest BCUT2D eigenvalue weighted by molar-refractivity contribution is 9.10. The van der Waals surface area contributed by atoms with Crippen molar-refractivity contribution in [2.24, 2.45) is 0 Å². The summed E-state index contributed by atoms with van der Waals surface area (Å²) in [5, 5.41) is 10.7. The molecule has 0 aromatic heterocycles. The quantitative estimate of drug-likeness (QED) is 0.661. The largest absolute Gasteiger partial charge is 0.344 e. The number of nitriles is 1. The molecule has 27 heavy (non-hydrogen) atoms. The molecule has 0 N–H and O–H groups in total. The zero-order valence-electron chi connectivity index (χ0n) is 14.9. The van der Waals surface area contributed by atoms with Crippen molar-refractivity contribution in [3.63, 3.8) is 0 Å². The number of anilines is 1. The van der Waals surface area contributed by atoms with Gasteiger partial charge < -0.3 is 4.90 Å². The van der Waals surface area contributed by atoms with Gasteiger partial charge in [-0.3, -0.25) is 9.69 Å². The van der Waals surface area contributed by atoms with Crippen molar-refractivity contribution in [2.45, 2.75) is 19.3 Å². The molecule has 2 heterocycles. The lowest BCUT2D eigenvalue weighted by atomic mass is 9.86. The van der Waals surface area contributed by atoms with Gasteiger partial charge in [0.1, 0.15) is 0 Å². The van der Waals surface area contributed by atoms with E-state index in [2.05, 4.69) is 52.0 Å². The number of fused-ring (bicyclic) bond motifs is 1. The van der Waals surface area contributed by atoms with Crippen LogP contribution in [0.25, 0.3) is 0 Å². The molecule has 0 aliphatic carbocycles. The van der Waals surface area contributed by atoms with Gasteiger partial charge in [0, 0.05) is 22.5 Å². The number of nitrogens with zero attached hydrogens (tertiary/aromatic N) is 3. The van der Waals surface area contributed by atoms with Crippen molar-refractivity contribution in [1.29, 1.82) is 5.26 Å². The van der Waals surface area contributed by atoms with E-state index in [-0.39, 0.29) is 11.8 Å². The van der Waals surface area contributed by atoms with E-state index in [4.69, 9.17) is 0 Å². The standard InChI is InChI=1S/C21H18BrN3OS/c1-14-4-2-7-17(8-14)24-12-25-20(26)10-18(15-5-3-6-16(22)9-15)19(11-23)21(25)27-13-24/h2-9,18H,10,12-13H2,1H3/t18-/m1/s1. The van der Waals surface area contributed by atoms with E-state index in [1.165, 1.54) is 5.56 Å². The Morgan fingerprint density at radius 1 is 1.22 bits per heavy atom. The second-order valence-electron chi connectivity index (χ2n) is 6.76. The molecule has 4 nitrogen and oxygen atoms in total. The molecule has 0 radical (unpaired) electrons. The summed E-state index contributed by atoms with van der Waals surface area (Å²) in [6.45, 7) is 2.55. The summed E-state index contributed by atoms with van der Waals surface area (Å²) < 4.78 is 0.957. The van der Waals surface area contributed by atoms with Gasteiger partial charge in [0.25, 0.3) is 0 Å². The summed E-state index contributed by atoms with van der Waals surface area (Å²) in [6, 6.07) is 18.6. The van der Waals surface area contributed by atoms with Crippen LogP contribution in [0, 0.1) is 18.3 Å². The minimum absolute atomic E-state index is 0.0684. The van der Waals surface area contributed by atoms with Crippen LogP contribution in [0.2, 0.25) is 0 Å². The average Bonchev–Trinajstić information content (AvgIpc) is 2.67. The third kappa shape index (κ3) is 3.50. The van der Waals surface area contributed by atoms with Crippen molar-refractivity contribution < 1.29 is 4.79 Å². The molecular formula is C21H18BrN3OS. The third-order valence-electron chi connectivity index (χ3n) is 4.91. The summed E-state index contributed by atoms with van der Waals surface area (Å²) in [4.78, 5) is 16.9. The van der Waals surface area contributed by atoms with E-state index in [9.17, 15) is 10.1 Å². The number of carbonyl (C=O) groups is 1. The zero-order chi connectivity index (χ0) is 19.0. The van der Waals surface area contributed by atoms with Gasteiger partial charge in [0.2, 0.25) is 5.91 Å². The van der Waals surface area contributed by atoms with Gasteiger partial charge >= 0.3 is 0 Å². The molecule has 2 aromatic rings. The molecule has 1 atom stereocenters. The number of hydrogen-bond acceptors (Lipinski definition) is 4. The van der Waals surface area contributed by atoms with Crippen LogP contribution in [0.15, 0.2) is 63.6 Å². The smallest absolute Gasteiger partial charge is 0.229 e. The van der Waals surface area contributed by atoms with Crippen LogP contribution < -0.4 is 4.90 Å². The van der Waals surface area contributed by atoms with E-state index in [1.54, 1.807) is 16.7 Å². The highest BCUT2D eigenvalue weighted by Crippen LogP contribution is 2.43. The number of carbonyl (C=O) groups excluding carboxylic acids is 1. The number of thioether (sulfide) groups is 1. The van der Waals surface area contributed by atoms with Crippen LogP contribution in [-0.4, -0.2) is 23.4 Å². The minimum Gasteiger partial charge on any atom is -0.344 e. The van der Waals surface area contributed by atoms with Crippen LogP contribution in [0.5, 0.6) is 0 Å². The van der Waals surface area contributed by atoms with Gasteiger partial charge in [-0.2, -0.15) is 5.26 Å². The fraction of sp³-hybridized carbons (Fsp3) is 0.238. The van der Waals surface area contributed by atoms with E-state index in [0.29, 0.717) is 18.7 Å². The normalized spacial score (nSPS) is 19.7. The molecule has 1 saturated heterocycles. The SMILES string of the molecule is Cc1cccc(N2CSC3=C(C#N)[C@@H](c4cccc(Br)c4)CC(=O)N3C2)c1. The molecule has 2 aliphatic heterocycles. The van der Waals surface area contributed by atoms with Crippen molar-refractivity contribution in [3.8, 4) is 6.07 Å². The maximum Gasteiger partial charge on any atom is 0.229 e. The zero-order valence-corrected chi connectivity index (χ0v) is 17.3. The average molecular weight is 440 g/mol. The lowest BCUT2D eigenvalue weighted by Gasteiger charge is -2.42. The van der Waals surface area contributed by atoms with E-state index in [1.807, 2.05) is 30.3 Å². The first kappa shape index (κ1) is 18.1. The number of aryl methyl sites for hydroxylation is 1. The van der Waals surface area contributed by atoms with Gasteiger partial charge in [-0.15, -0.1) is 0 Å². The van der Waals surface area contributed by atoms with Gasteiger partial charge in [0.15, 0.2) is 0 Å². The molecule has 2 aromatic carbocycles. The number of hydrogen-bond donors (Lipinski definition) is 0. The Morgan fingerprint density at radius 3 is 2.78 bits per heavy atom. The summed E-state index contributed by atoms with van der Waals surface area (Å²) in [5.41, 5.74) is 3.99. The van der Waals surface area contributed by atoms with Crippen LogP contribution in [-0.2, 0) is 4.79 Å². The van der Waals surface area contributed by atoms with Crippen molar-refractivity contribution in [1.82, 2.24) is 4.90 Å². The molecular weight excluding hydrogens is 422 g/mol. The summed E-state index contributed by atoms with van der Waals surface area (Å²) in [6.07, 6.45) is 0.324. The molecule has 4 rings (SSSR count). The lowest BCUT2D eigenvalue weighted by molar-refractivity contribution is -0.129. The molecule has 2 aliphatic rings. The van der Waals surface area contributed by atoms with Crippen LogP contribution >= 0.6 is 27.7 Å². The van der Waals surface area contributed by atoms with E-state index in [0.717, 1.165) is 26.6 Å². The molecule has 0 spiro atoms. The van der Waals surface area contributed by atoms with Crippen molar-refractivity contribution in [3.05, 3.63) is 74.7 Å². The molecule has 136 valence electrons. The minimum atomic E-state index is -0.177. The summed E-state index contributed by atoms with van der Waals surface area (Å²) in [5.74, 6) is 0.613. The second kappa shape index (κ2) is 7.41. The Bertz CT molecular complexity index is 981. The molecule has 1 fully saturated rings. The van der Waals surface area contributed by atoms with Gasteiger partial charge in [0.05, 0.1) is 29.2 Å². The second-order valence-corrected chi connectivity index (χ2v) is 8.61. The number of allylic oxidation sites excluding steroid dienone is 1. The van der Waals surface area contributed by atoms with Crippen LogP contribution in [0.1, 0.15) is 23.5 Å². The van der Waals surface area contributed by atoms with E-state index >= 15 is 0 Å². The Morgan fingerprint density at radius 2 is 2.04 bits per heavy atom. The third-order valence-corrected chi connectivity index (χ3v) is 6.56. The maximum absolute atomic E-state index is 12.9. The van der Waals surface area contributed by atoms with Crippen molar-refractivity contribution in [2.75, 3.05) is 17.4 Å². The molecule has 0 unspecified atom stereocenters. The molecule has 0 saturated carbocycles. The topological polar surface area (TPSA) is 47.3 Å². The first-order valence-electron chi connectivity index (χ1n) is 8.71. The maximum atomic E-state index is 12.9. The Labute approximate surface area is 171 Å². The fourth-order valence-electron chi connectivity index (χ4n) is 3.56. The number of benzene rings is 2. The first-order valence-corrected chi connectivity index (χ1v) is 10.5. The van der Waals surface area contributed by atoms with Gasteiger partial charge in [-0.25, -0.2) is 0 Å². The summed E-state index contributed by atoms with van der Waals surface area (Å²) in [7, 11) is 0. The van der Waals surface area contributed by atoms with Crippen molar-refractivity contribution >= 4 is 39.3 Å². The first-order chi connectivity index (χ1) is 13.1. The molecule has 0 bridgehead atoms. The summed E-state index contributed by atoms with van der Waals surface area (Å²) >= 11 is 5.06. The van der Waals surface area contributed by atoms with Crippen LogP contribution in [0.3, 0.4) is 0 Å². The number of halogens is 1. The van der Waals surface area contributed by atoms with E-state index < -0.39 is 0 Å². The highest BCUT2D eigenvalue weighted by Gasteiger charge is 2.38. The lowest BCUT2D eigenvalue weighted by Crippen LogP contribution is -2.47. The number of amides is 1. The van der Waals surface area contributed by atoms with Crippen LogP contribution in [0.4, 0.5) is 5.69 Å². The fourth-order valence-corrected chi connectivity index (χ4v) is 5.14. The molecule has 1 amide bonds. The highest BCUT2D eigenvalue weighted by atomic mass is 79.9. The van der Waals surface area contributed by atoms with Gasteiger partial charge in [-0.05, 0) is 42.3 Å².